The Kier molecular flexibility index (Phi) is 6.98. The van der Waals surface area contributed by atoms with Gasteiger partial charge in [-0.2, -0.15) is 5.26 Å². The summed E-state index contributed by atoms with van der Waals surface area (Å²) in [7, 11) is 0. The number of fused-ring (bicyclic) bond motifs is 1. The zero-order valence-corrected chi connectivity index (χ0v) is 20.1. The third-order valence-corrected chi connectivity index (χ3v) is 5.89. The third-order valence-electron chi connectivity index (χ3n) is 5.89. The maximum Gasteiger partial charge on any atom is 0.415 e. The highest BCUT2D eigenvalue weighted by atomic mass is 16.6. The van der Waals surface area contributed by atoms with Gasteiger partial charge in [0.1, 0.15) is 11.6 Å². The molecule has 1 aromatic carbocycles. The lowest BCUT2D eigenvalue weighted by atomic mass is 9.82. The van der Waals surface area contributed by atoms with Gasteiger partial charge in [0.05, 0.1) is 36.2 Å². The van der Waals surface area contributed by atoms with Crippen LogP contribution in [0.1, 0.15) is 49.4 Å². The number of nitrogens with zero attached hydrogens (tertiary/aromatic N) is 4. The first-order chi connectivity index (χ1) is 17.3. The minimum Gasteiger partial charge on any atom is -0.490 e. The number of ether oxygens (including phenoxy) is 4. The summed E-state index contributed by atoms with van der Waals surface area (Å²) in [4.78, 5) is 25.6. The second-order valence-electron chi connectivity index (χ2n) is 8.46. The van der Waals surface area contributed by atoms with Crippen molar-refractivity contribution < 1.29 is 28.7 Å². The van der Waals surface area contributed by atoms with Gasteiger partial charge < -0.3 is 29.6 Å². The third kappa shape index (κ3) is 4.50. The summed E-state index contributed by atoms with van der Waals surface area (Å²) in [6, 6.07) is 4.83. The summed E-state index contributed by atoms with van der Waals surface area (Å²) < 4.78 is 22.0. The summed E-state index contributed by atoms with van der Waals surface area (Å²) in [5, 5.41) is 29.1. The van der Waals surface area contributed by atoms with E-state index in [1.807, 2.05) is 13.8 Å². The molecule has 13 nitrogen and oxygen atoms in total. The standard InChI is InChI=1S/C23H26N6O7/c1-4-34-16-10-13(9-15(29(31)32)20(16)35-23(30)28-5-7-33-8-6-28)17-14(11-24)21(25)36-22-18(17)19(12(2)3)26-27-22/h9-10,12,17H,4-8,25H2,1-3H3,(H,26,27)/t17-/m0/s1. The number of aromatic amines is 1. The normalized spacial score (nSPS) is 17.3. The van der Waals surface area contributed by atoms with Gasteiger partial charge in [-0.3, -0.25) is 15.2 Å². The number of allylic oxidation sites excluding steroid dienone is 1. The zero-order chi connectivity index (χ0) is 26.0. The molecule has 1 saturated heterocycles. The summed E-state index contributed by atoms with van der Waals surface area (Å²) in [6.07, 6.45) is -0.748. The molecule has 13 heteroatoms. The zero-order valence-electron chi connectivity index (χ0n) is 20.1. The van der Waals surface area contributed by atoms with Crippen LogP contribution >= 0.6 is 0 Å². The average Bonchev–Trinajstić information content (AvgIpc) is 3.28. The predicted molar refractivity (Wildman–Crippen MR) is 125 cm³/mol. The number of hydrogen-bond acceptors (Lipinski definition) is 10. The second-order valence-corrected chi connectivity index (χ2v) is 8.46. The van der Waals surface area contributed by atoms with E-state index in [4.69, 9.17) is 24.7 Å². The van der Waals surface area contributed by atoms with Crippen LogP contribution in [0.25, 0.3) is 0 Å². The number of rotatable bonds is 6. The lowest BCUT2D eigenvalue weighted by Crippen LogP contribution is -2.42. The smallest absolute Gasteiger partial charge is 0.415 e. The highest BCUT2D eigenvalue weighted by Gasteiger charge is 2.38. The Balaban J connectivity index is 1.87. The first-order valence-electron chi connectivity index (χ1n) is 11.4. The van der Waals surface area contributed by atoms with Gasteiger partial charge in [-0.15, -0.1) is 5.10 Å². The fourth-order valence-corrected chi connectivity index (χ4v) is 4.22. The second kappa shape index (κ2) is 10.1. The van der Waals surface area contributed by atoms with E-state index in [-0.39, 0.29) is 41.4 Å². The van der Waals surface area contributed by atoms with Gasteiger partial charge in [0.15, 0.2) is 5.75 Å². The molecule has 0 saturated carbocycles. The molecule has 1 atom stereocenters. The number of nitriles is 1. The number of morpholine rings is 1. The SMILES string of the molecule is CCOc1cc([C@H]2C(C#N)=C(N)Oc3n[nH]c(C(C)C)c32)cc([N+](=O)[O-])c1OC(=O)N1CCOCC1. The molecule has 1 aromatic heterocycles. The molecule has 0 bridgehead atoms. The number of hydrogen-bond donors (Lipinski definition) is 2. The maximum absolute atomic E-state index is 12.7. The van der Waals surface area contributed by atoms with Crippen molar-refractivity contribution in [2.24, 2.45) is 5.73 Å². The number of aromatic nitrogens is 2. The molecule has 36 heavy (non-hydrogen) atoms. The highest BCUT2D eigenvalue weighted by Crippen LogP contribution is 2.48. The summed E-state index contributed by atoms with van der Waals surface area (Å²) in [5.74, 6) is -1.15. The highest BCUT2D eigenvalue weighted by molar-refractivity contribution is 5.75. The Bertz CT molecular complexity index is 1260. The van der Waals surface area contributed by atoms with E-state index < -0.39 is 22.6 Å². The largest absolute Gasteiger partial charge is 0.490 e. The average molecular weight is 498 g/mol. The molecule has 1 amide bonds. The molecule has 2 aromatic rings. The topological polar surface area (TPSA) is 179 Å². The van der Waals surface area contributed by atoms with Crippen molar-refractivity contribution in [3.8, 4) is 23.4 Å². The number of nitrogens with one attached hydrogen (secondary N) is 1. The maximum atomic E-state index is 12.7. The molecule has 0 unspecified atom stereocenters. The van der Waals surface area contributed by atoms with Crippen LogP contribution in [-0.2, 0) is 4.74 Å². The van der Waals surface area contributed by atoms with Crippen LogP contribution in [0.15, 0.2) is 23.6 Å². The first kappa shape index (κ1) is 24.8. The van der Waals surface area contributed by atoms with Crippen LogP contribution in [0.4, 0.5) is 10.5 Å². The Morgan fingerprint density at radius 1 is 1.42 bits per heavy atom. The van der Waals surface area contributed by atoms with Crippen LogP contribution < -0.4 is 19.9 Å². The summed E-state index contributed by atoms with van der Waals surface area (Å²) >= 11 is 0. The molecule has 0 spiro atoms. The minimum atomic E-state index is -0.822. The van der Waals surface area contributed by atoms with Gasteiger partial charge in [0.25, 0.3) is 5.75 Å². The molecular weight excluding hydrogens is 472 g/mol. The number of nitro groups is 1. The monoisotopic (exact) mass is 498 g/mol. The van der Waals surface area contributed by atoms with Crippen LogP contribution in [0.2, 0.25) is 0 Å². The number of benzene rings is 1. The van der Waals surface area contributed by atoms with E-state index in [0.29, 0.717) is 43.1 Å². The van der Waals surface area contributed by atoms with Gasteiger partial charge >= 0.3 is 11.8 Å². The van der Waals surface area contributed by atoms with E-state index in [2.05, 4.69) is 16.3 Å². The Hall–Kier alpha value is -4.31. The Morgan fingerprint density at radius 2 is 2.14 bits per heavy atom. The lowest BCUT2D eigenvalue weighted by Gasteiger charge is -2.27. The quantitative estimate of drug-likeness (QED) is 0.444. The van der Waals surface area contributed by atoms with Gasteiger partial charge in [0, 0.05) is 24.8 Å². The van der Waals surface area contributed by atoms with Gasteiger partial charge in [-0.25, -0.2) is 4.79 Å². The van der Waals surface area contributed by atoms with Crippen LogP contribution in [0.3, 0.4) is 0 Å². The molecule has 0 aliphatic carbocycles. The molecule has 3 N–H and O–H groups in total. The summed E-state index contributed by atoms with van der Waals surface area (Å²) in [5.41, 5.74) is 7.18. The molecule has 4 rings (SSSR count). The van der Waals surface area contributed by atoms with Crippen molar-refractivity contribution in [3.05, 3.63) is 50.5 Å². The summed E-state index contributed by atoms with van der Waals surface area (Å²) in [6.45, 7) is 6.99. The number of H-pyrrole nitrogens is 1. The van der Waals surface area contributed by atoms with Gasteiger partial charge in [0.2, 0.25) is 11.8 Å². The Morgan fingerprint density at radius 3 is 2.75 bits per heavy atom. The van der Waals surface area contributed by atoms with Crippen molar-refractivity contribution in [2.75, 3.05) is 32.9 Å². The number of nitro benzene ring substituents is 1. The molecule has 1 fully saturated rings. The van der Waals surface area contributed by atoms with E-state index >= 15 is 0 Å². The van der Waals surface area contributed by atoms with Gasteiger partial charge in [-0.1, -0.05) is 13.8 Å². The predicted octanol–water partition coefficient (Wildman–Crippen LogP) is 2.89. The molecular formula is C23H26N6O7. The van der Waals surface area contributed by atoms with E-state index in [0.717, 1.165) is 0 Å². The van der Waals surface area contributed by atoms with Crippen molar-refractivity contribution in [3.63, 3.8) is 0 Å². The fourth-order valence-electron chi connectivity index (χ4n) is 4.22. The van der Waals surface area contributed by atoms with Crippen LogP contribution in [0.5, 0.6) is 17.4 Å². The first-order valence-corrected chi connectivity index (χ1v) is 11.4. The molecule has 3 heterocycles. The van der Waals surface area contributed by atoms with E-state index in [1.54, 1.807) is 6.92 Å². The van der Waals surface area contributed by atoms with Gasteiger partial charge in [-0.05, 0) is 24.5 Å². The van der Waals surface area contributed by atoms with Crippen molar-refractivity contribution in [1.82, 2.24) is 15.1 Å². The lowest BCUT2D eigenvalue weighted by molar-refractivity contribution is -0.385. The van der Waals surface area contributed by atoms with Crippen molar-refractivity contribution >= 4 is 11.8 Å². The number of amides is 1. The Labute approximate surface area is 206 Å². The van der Waals surface area contributed by atoms with E-state index in [1.165, 1.54) is 17.0 Å². The molecule has 2 aliphatic heterocycles. The molecule has 190 valence electrons. The fraction of sp³-hybridized carbons (Fsp3) is 0.435. The van der Waals surface area contributed by atoms with Crippen LogP contribution in [0, 0.1) is 21.4 Å². The van der Waals surface area contributed by atoms with E-state index in [9.17, 15) is 20.2 Å². The van der Waals surface area contributed by atoms with Crippen molar-refractivity contribution in [2.45, 2.75) is 32.6 Å². The number of carbonyl (C=O) groups excluding carboxylic acids is 1. The van der Waals surface area contributed by atoms with Crippen LogP contribution in [-0.4, -0.2) is 59.0 Å². The molecule has 2 aliphatic rings. The van der Waals surface area contributed by atoms with Crippen molar-refractivity contribution in [1.29, 1.82) is 5.26 Å². The number of nitrogens with two attached hydrogens (primary N) is 1. The number of carbonyl (C=O) groups is 1. The molecule has 0 radical (unpaired) electrons. The minimum absolute atomic E-state index is 0.0122.